The lowest BCUT2D eigenvalue weighted by atomic mass is 9.59. The molecule has 2 amide bonds. The summed E-state index contributed by atoms with van der Waals surface area (Å²) < 4.78 is 6.35. The van der Waals surface area contributed by atoms with Gasteiger partial charge < -0.3 is 20.1 Å². The fraction of sp³-hybridized carbons (Fsp3) is 0.680. The van der Waals surface area contributed by atoms with E-state index < -0.39 is 0 Å². The summed E-state index contributed by atoms with van der Waals surface area (Å²) in [6.07, 6.45) is 4.98. The number of hydrogen-bond acceptors (Lipinski definition) is 4. The number of ether oxygens (including phenoxy) is 1. The van der Waals surface area contributed by atoms with Crippen molar-refractivity contribution in [1.29, 1.82) is 0 Å². The normalized spacial score (nSPS) is 36.0. The van der Waals surface area contributed by atoms with Gasteiger partial charge in [0.05, 0.1) is 12.7 Å². The first kappa shape index (κ1) is 21.0. The van der Waals surface area contributed by atoms with Crippen molar-refractivity contribution in [2.45, 2.75) is 64.5 Å². The molecular formula is C25H34N2O4. The van der Waals surface area contributed by atoms with Crippen LogP contribution >= 0.6 is 0 Å². The highest BCUT2D eigenvalue weighted by Gasteiger charge is 2.68. The summed E-state index contributed by atoms with van der Waals surface area (Å²) in [5, 5.41) is 12.5. The lowest BCUT2D eigenvalue weighted by Crippen LogP contribution is -2.59. The number of anilines is 1. The highest BCUT2D eigenvalue weighted by Crippen LogP contribution is 2.70. The fourth-order valence-corrected chi connectivity index (χ4v) is 7.22. The molecule has 1 unspecified atom stereocenters. The van der Waals surface area contributed by atoms with E-state index in [-0.39, 0.29) is 47.8 Å². The monoisotopic (exact) mass is 426 g/mol. The van der Waals surface area contributed by atoms with Crippen molar-refractivity contribution in [1.82, 2.24) is 5.32 Å². The number of nitrogens with one attached hydrogen (secondary N) is 1. The lowest BCUT2D eigenvalue weighted by molar-refractivity contribution is -0.137. The predicted molar refractivity (Wildman–Crippen MR) is 117 cm³/mol. The summed E-state index contributed by atoms with van der Waals surface area (Å²) in [5.74, 6) is 1.09. The molecule has 2 heterocycles. The van der Waals surface area contributed by atoms with E-state index in [0.29, 0.717) is 24.9 Å². The van der Waals surface area contributed by atoms with E-state index in [1.807, 2.05) is 4.90 Å². The molecule has 1 aromatic rings. The molecule has 31 heavy (non-hydrogen) atoms. The molecule has 0 aromatic heterocycles. The van der Waals surface area contributed by atoms with Crippen LogP contribution in [0, 0.1) is 22.7 Å². The summed E-state index contributed by atoms with van der Waals surface area (Å²) in [4.78, 5) is 26.4. The number of fused-ring (bicyclic) bond motifs is 1. The first-order valence-corrected chi connectivity index (χ1v) is 11.8. The van der Waals surface area contributed by atoms with E-state index in [4.69, 9.17) is 4.74 Å². The molecule has 2 bridgehead atoms. The van der Waals surface area contributed by atoms with Crippen molar-refractivity contribution < 1.29 is 19.4 Å². The molecule has 1 spiro atoms. The van der Waals surface area contributed by atoms with Crippen LogP contribution in [0.25, 0.3) is 0 Å². The smallest absolute Gasteiger partial charge is 0.227 e. The maximum absolute atomic E-state index is 12.4. The average Bonchev–Trinajstić information content (AvgIpc) is 3.40. The van der Waals surface area contributed by atoms with Gasteiger partial charge in [0.15, 0.2) is 0 Å². The predicted octanol–water partition coefficient (Wildman–Crippen LogP) is 3.19. The second kappa shape index (κ2) is 7.59. The number of nitrogens with zero attached hydrogens (tertiary/aromatic N) is 1. The quantitative estimate of drug-likeness (QED) is 0.758. The Morgan fingerprint density at radius 3 is 2.74 bits per heavy atom. The minimum absolute atomic E-state index is 0.0235. The highest BCUT2D eigenvalue weighted by molar-refractivity contribution is 5.95. The third-order valence-electron chi connectivity index (χ3n) is 8.76. The van der Waals surface area contributed by atoms with Crippen LogP contribution < -0.4 is 10.2 Å². The molecule has 2 saturated carbocycles. The molecule has 5 rings (SSSR count). The van der Waals surface area contributed by atoms with Gasteiger partial charge in [-0.3, -0.25) is 9.59 Å². The van der Waals surface area contributed by atoms with E-state index >= 15 is 0 Å². The Bertz CT molecular complexity index is 867. The number of benzene rings is 1. The van der Waals surface area contributed by atoms with Gasteiger partial charge in [0.1, 0.15) is 0 Å². The van der Waals surface area contributed by atoms with Gasteiger partial charge in [-0.05, 0) is 66.0 Å². The van der Waals surface area contributed by atoms with E-state index in [9.17, 15) is 14.7 Å². The van der Waals surface area contributed by atoms with Gasteiger partial charge in [-0.25, -0.2) is 0 Å². The first-order valence-electron chi connectivity index (χ1n) is 11.8. The zero-order valence-corrected chi connectivity index (χ0v) is 18.6. The van der Waals surface area contributed by atoms with E-state index in [1.54, 1.807) is 0 Å². The Morgan fingerprint density at radius 1 is 1.29 bits per heavy atom. The van der Waals surface area contributed by atoms with Crippen LogP contribution in [0.2, 0.25) is 0 Å². The van der Waals surface area contributed by atoms with Crippen LogP contribution in [0.15, 0.2) is 24.3 Å². The summed E-state index contributed by atoms with van der Waals surface area (Å²) in [5.41, 5.74) is 2.24. The van der Waals surface area contributed by atoms with Crippen LogP contribution in [0.5, 0.6) is 0 Å². The van der Waals surface area contributed by atoms with Crippen molar-refractivity contribution in [3.05, 3.63) is 29.8 Å². The number of aliphatic hydroxyl groups excluding tert-OH is 1. The van der Waals surface area contributed by atoms with E-state index in [1.165, 1.54) is 5.56 Å². The van der Waals surface area contributed by atoms with Crippen molar-refractivity contribution in [3.63, 3.8) is 0 Å². The summed E-state index contributed by atoms with van der Waals surface area (Å²) in [6, 6.07) is 8.47. The van der Waals surface area contributed by atoms with Gasteiger partial charge in [-0.2, -0.15) is 0 Å². The molecule has 0 radical (unpaired) electrons. The number of hydrogen-bond donors (Lipinski definition) is 2. The van der Waals surface area contributed by atoms with Crippen LogP contribution in [0.3, 0.4) is 0 Å². The molecule has 6 nitrogen and oxygen atoms in total. The molecule has 6 heteroatoms. The van der Waals surface area contributed by atoms with Gasteiger partial charge in [0.25, 0.3) is 0 Å². The molecule has 168 valence electrons. The average molecular weight is 427 g/mol. The highest BCUT2D eigenvalue weighted by atomic mass is 16.5. The van der Waals surface area contributed by atoms with Crippen molar-refractivity contribution in [2.24, 2.45) is 22.7 Å². The Balaban J connectivity index is 1.40. The van der Waals surface area contributed by atoms with Crippen LogP contribution in [-0.2, 0) is 14.3 Å². The number of rotatable bonds is 5. The number of carbonyl (C=O) groups is 2. The van der Waals surface area contributed by atoms with E-state index in [0.717, 1.165) is 37.9 Å². The molecule has 1 aromatic carbocycles. The third kappa shape index (κ3) is 3.21. The van der Waals surface area contributed by atoms with Gasteiger partial charge in [-0.15, -0.1) is 0 Å². The summed E-state index contributed by atoms with van der Waals surface area (Å²) in [7, 11) is 0. The number of amides is 2. The molecule has 4 aliphatic rings. The Kier molecular flexibility index (Phi) is 5.13. The minimum Gasteiger partial charge on any atom is -0.396 e. The second-order valence-electron chi connectivity index (χ2n) is 10.6. The van der Waals surface area contributed by atoms with E-state index in [2.05, 4.69) is 43.4 Å². The maximum atomic E-state index is 12.4. The Morgan fingerprint density at radius 2 is 2.06 bits per heavy atom. The molecular weight excluding hydrogens is 392 g/mol. The number of aliphatic hydroxyl groups is 1. The molecule has 2 aliphatic carbocycles. The zero-order chi connectivity index (χ0) is 21.8. The Hall–Kier alpha value is -1.92. The zero-order valence-electron chi connectivity index (χ0n) is 18.6. The first-order chi connectivity index (χ1) is 14.9. The van der Waals surface area contributed by atoms with Gasteiger partial charge in [0.2, 0.25) is 11.8 Å². The van der Waals surface area contributed by atoms with Gasteiger partial charge in [-0.1, -0.05) is 26.0 Å². The molecule has 2 saturated heterocycles. The SMILES string of the molecule is CC1(C)[C@@H]2C[C@@H]3[C@@H](c4ccc(N5CCCC5=O)cc4)OCCC3(C2)[C@H]1NC(=O)CCO. The standard InChI is InChI=1S/C25H34N2O4/c1-24(2)17-14-19-22(16-5-7-18(8-6-16)27-11-3-4-21(27)30)31-13-10-25(19,15-17)23(24)26-20(29)9-12-28/h5-8,17,19,22-23,28H,3-4,9-15H2,1-2H3,(H,26,29)/t17-,19-,22-,23+,25?/m1/s1. The molecule has 2 aliphatic heterocycles. The number of carbonyl (C=O) groups excluding carboxylic acids is 2. The van der Waals surface area contributed by atoms with Gasteiger partial charge >= 0.3 is 0 Å². The largest absolute Gasteiger partial charge is 0.396 e. The topological polar surface area (TPSA) is 78.9 Å². The third-order valence-corrected chi connectivity index (χ3v) is 8.76. The van der Waals surface area contributed by atoms with Crippen molar-refractivity contribution in [2.75, 3.05) is 24.7 Å². The lowest BCUT2D eigenvalue weighted by Gasteiger charge is -2.53. The van der Waals surface area contributed by atoms with Crippen LogP contribution in [-0.4, -0.2) is 42.7 Å². The second-order valence-corrected chi connectivity index (χ2v) is 10.6. The van der Waals surface area contributed by atoms with Crippen molar-refractivity contribution >= 4 is 17.5 Å². The molecule has 5 atom stereocenters. The van der Waals surface area contributed by atoms with Crippen LogP contribution in [0.1, 0.15) is 64.0 Å². The fourth-order valence-electron chi connectivity index (χ4n) is 7.22. The molecule has 2 N–H and O–H groups in total. The maximum Gasteiger partial charge on any atom is 0.227 e. The van der Waals surface area contributed by atoms with Crippen LogP contribution in [0.4, 0.5) is 5.69 Å². The summed E-state index contributed by atoms with van der Waals surface area (Å²) >= 11 is 0. The Labute approximate surface area is 184 Å². The van der Waals surface area contributed by atoms with Crippen molar-refractivity contribution in [3.8, 4) is 0 Å². The minimum atomic E-state index is -0.115. The summed E-state index contributed by atoms with van der Waals surface area (Å²) in [6.45, 7) is 5.96. The van der Waals surface area contributed by atoms with Gasteiger partial charge in [0, 0.05) is 37.7 Å². The molecule has 4 fully saturated rings.